The van der Waals surface area contributed by atoms with Gasteiger partial charge in [-0.2, -0.15) is 0 Å². The van der Waals surface area contributed by atoms with Gasteiger partial charge in [-0.15, -0.1) is 0 Å². The Hall–Kier alpha value is -1.77. The number of rotatable bonds is 1. The van der Waals surface area contributed by atoms with Crippen LogP contribution in [0.5, 0.6) is 5.75 Å². The number of aromatic hydroxyl groups is 1. The van der Waals surface area contributed by atoms with Crippen LogP contribution in [0.3, 0.4) is 0 Å². The van der Waals surface area contributed by atoms with Gasteiger partial charge in [0, 0.05) is 11.8 Å². The van der Waals surface area contributed by atoms with Crippen molar-refractivity contribution in [1.82, 2.24) is 4.98 Å². The zero-order valence-electron chi connectivity index (χ0n) is 7.19. The second kappa shape index (κ2) is 2.94. The smallest absolute Gasteiger partial charge is 0.144 e. The number of aromatic nitrogens is 1. The molecule has 0 bridgehead atoms. The third-order valence-corrected chi connectivity index (χ3v) is 1.92. The Morgan fingerprint density at radius 2 is 2.23 bits per heavy atom. The molecule has 2 rings (SSSR count). The summed E-state index contributed by atoms with van der Waals surface area (Å²) < 4.78 is 4.91. The third-order valence-electron chi connectivity index (χ3n) is 1.92. The van der Waals surface area contributed by atoms with Crippen LogP contribution in [0.1, 0.15) is 5.56 Å². The molecule has 0 radical (unpaired) electrons. The van der Waals surface area contributed by atoms with Crippen molar-refractivity contribution in [3.05, 3.63) is 36.4 Å². The number of nitrogens with zero attached hydrogens (tertiary/aromatic N) is 1. The van der Waals surface area contributed by atoms with Gasteiger partial charge in [0.2, 0.25) is 0 Å². The Kier molecular flexibility index (Phi) is 1.77. The summed E-state index contributed by atoms with van der Waals surface area (Å²) >= 11 is 0. The summed E-state index contributed by atoms with van der Waals surface area (Å²) in [5, 5.41) is 9.67. The molecule has 0 aromatic carbocycles. The summed E-state index contributed by atoms with van der Waals surface area (Å²) in [6, 6.07) is 3.53. The lowest BCUT2D eigenvalue weighted by atomic mass is 10.1. The molecule has 0 aliphatic heterocycles. The van der Waals surface area contributed by atoms with E-state index in [0.29, 0.717) is 5.69 Å². The van der Waals surface area contributed by atoms with Crippen LogP contribution in [0.15, 0.2) is 35.3 Å². The fourth-order valence-electron chi connectivity index (χ4n) is 1.16. The highest BCUT2D eigenvalue weighted by molar-refractivity contribution is 5.66. The first kappa shape index (κ1) is 7.86. The fraction of sp³-hybridized carbons (Fsp3) is 0.100. The lowest BCUT2D eigenvalue weighted by Gasteiger charge is -2.02. The average Bonchev–Trinajstić information content (AvgIpc) is 2.62. The zero-order chi connectivity index (χ0) is 9.26. The largest absolute Gasteiger partial charge is 0.505 e. The van der Waals surface area contributed by atoms with Gasteiger partial charge in [0.1, 0.15) is 11.4 Å². The zero-order valence-corrected chi connectivity index (χ0v) is 7.19. The predicted molar refractivity (Wildman–Crippen MR) is 48.3 cm³/mol. The molecular formula is C10H9NO2. The summed E-state index contributed by atoms with van der Waals surface area (Å²) in [7, 11) is 0. The van der Waals surface area contributed by atoms with E-state index in [2.05, 4.69) is 4.98 Å². The van der Waals surface area contributed by atoms with Crippen LogP contribution in [-0.4, -0.2) is 10.1 Å². The molecule has 0 aliphatic carbocycles. The van der Waals surface area contributed by atoms with Gasteiger partial charge in [0.15, 0.2) is 0 Å². The maximum atomic E-state index is 9.67. The second-order valence-corrected chi connectivity index (χ2v) is 2.84. The van der Waals surface area contributed by atoms with Crippen molar-refractivity contribution in [2.24, 2.45) is 0 Å². The molecule has 2 heterocycles. The summed E-state index contributed by atoms with van der Waals surface area (Å²) in [5.74, 6) is 0.212. The van der Waals surface area contributed by atoms with Gasteiger partial charge in [-0.3, -0.25) is 4.98 Å². The molecular weight excluding hydrogens is 166 g/mol. The Bertz CT molecular complexity index is 407. The van der Waals surface area contributed by atoms with Crippen LogP contribution in [0.25, 0.3) is 11.3 Å². The minimum absolute atomic E-state index is 0.212. The van der Waals surface area contributed by atoms with Crippen molar-refractivity contribution in [3.8, 4) is 17.0 Å². The molecule has 3 nitrogen and oxygen atoms in total. The summed E-state index contributed by atoms with van der Waals surface area (Å²) in [4.78, 5) is 4.07. The standard InChI is InChI=1S/C10H9NO2/c1-7-2-4-11-9(10(7)12)8-3-5-13-6-8/h2-6,12H,1H3. The van der Waals surface area contributed by atoms with E-state index >= 15 is 0 Å². The SMILES string of the molecule is Cc1ccnc(-c2ccoc2)c1O. The molecule has 0 spiro atoms. The highest BCUT2D eigenvalue weighted by atomic mass is 16.3. The summed E-state index contributed by atoms with van der Waals surface area (Å²) in [6.45, 7) is 1.83. The fourth-order valence-corrected chi connectivity index (χ4v) is 1.16. The van der Waals surface area contributed by atoms with E-state index in [0.717, 1.165) is 11.1 Å². The van der Waals surface area contributed by atoms with Gasteiger partial charge in [-0.1, -0.05) is 0 Å². The molecule has 0 aliphatic rings. The Balaban J connectivity index is 2.59. The number of pyridine rings is 1. The topological polar surface area (TPSA) is 46.3 Å². The highest BCUT2D eigenvalue weighted by Gasteiger charge is 2.08. The van der Waals surface area contributed by atoms with Crippen molar-refractivity contribution in [3.63, 3.8) is 0 Å². The monoisotopic (exact) mass is 175 g/mol. The van der Waals surface area contributed by atoms with E-state index in [1.54, 1.807) is 30.9 Å². The van der Waals surface area contributed by atoms with Crippen molar-refractivity contribution in [1.29, 1.82) is 0 Å². The molecule has 0 amide bonds. The van der Waals surface area contributed by atoms with E-state index in [1.807, 2.05) is 6.92 Å². The molecule has 66 valence electrons. The van der Waals surface area contributed by atoms with E-state index in [1.165, 1.54) is 0 Å². The van der Waals surface area contributed by atoms with E-state index in [-0.39, 0.29) is 5.75 Å². The quantitative estimate of drug-likeness (QED) is 0.723. The Labute approximate surface area is 75.7 Å². The lowest BCUT2D eigenvalue weighted by Crippen LogP contribution is -1.84. The Morgan fingerprint density at radius 1 is 1.38 bits per heavy atom. The van der Waals surface area contributed by atoms with Crippen LogP contribution < -0.4 is 0 Å². The maximum Gasteiger partial charge on any atom is 0.144 e. The molecule has 0 atom stereocenters. The van der Waals surface area contributed by atoms with Gasteiger partial charge >= 0.3 is 0 Å². The first-order valence-electron chi connectivity index (χ1n) is 3.96. The highest BCUT2D eigenvalue weighted by Crippen LogP contribution is 2.29. The number of hydrogen-bond donors (Lipinski definition) is 1. The molecule has 0 unspecified atom stereocenters. The minimum atomic E-state index is 0.212. The first-order valence-corrected chi connectivity index (χ1v) is 3.96. The molecule has 0 saturated heterocycles. The predicted octanol–water partition coefficient (Wildman–Crippen LogP) is 2.36. The van der Waals surface area contributed by atoms with Crippen molar-refractivity contribution >= 4 is 0 Å². The maximum absolute atomic E-state index is 9.67. The molecule has 2 aromatic rings. The molecule has 2 aromatic heterocycles. The normalized spacial score (nSPS) is 10.2. The second-order valence-electron chi connectivity index (χ2n) is 2.84. The lowest BCUT2D eigenvalue weighted by molar-refractivity contribution is 0.470. The van der Waals surface area contributed by atoms with Crippen LogP contribution in [0.2, 0.25) is 0 Å². The Morgan fingerprint density at radius 3 is 2.92 bits per heavy atom. The van der Waals surface area contributed by atoms with Gasteiger partial charge in [0.25, 0.3) is 0 Å². The number of furan rings is 1. The number of hydrogen-bond acceptors (Lipinski definition) is 3. The van der Waals surface area contributed by atoms with Gasteiger partial charge in [-0.05, 0) is 24.6 Å². The molecule has 0 fully saturated rings. The van der Waals surface area contributed by atoms with E-state index in [9.17, 15) is 5.11 Å². The van der Waals surface area contributed by atoms with Crippen LogP contribution in [-0.2, 0) is 0 Å². The molecule has 0 saturated carbocycles. The van der Waals surface area contributed by atoms with Gasteiger partial charge in [0.05, 0.1) is 12.5 Å². The van der Waals surface area contributed by atoms with Gasteiger partial charge in [-0.25, -0.2) is 0 Å². The number of aryl methyl sites for hydroxylation is 1. The summed E-state index contributed by atoms with van der Waals surface area (Å²) in [5.41, 5.74) is 2.17. The van der Waals surface area contributed by atoms with E-state index in [4.69, 9.17) is 4.42 Å². The molecule has 1 N–H and O–H groups in total. The van der Waals surface area contributed by atoms with Crippen molar-refractivity contribution < 1.29 is 9.52 Å². The molecule has 3 heteroatoms. The van der Waals surface area contributed by atoms with Crippen LogP contribution >= 0.6 is 0 Å². The third kappa shape index (κ3) is 1.28. The first-order chi connectivity index (χ1) is 6.29. The van der Waals surface area contributed by atoms with E-state index < -0.39 is 0 Å². The van der Waals surface area contributed by atoms with Crippen LogP contribution in [0.4, 0.5) is 0 Å². The average molecular weight is 175 g/mol. The van der Waals surface area contributed by atoms with Gasteiger partial charge < -0.3 is 9.52 Å². The van der Waals surface area contributed by atoms with Crippen molar-refractivity contribution in [2.45, 2.75) is 6.92 Å². The molecule has 13 heavy (non-hydrogen) atoms. The van der Waals surface area contributed by atoms with Crippen LogP contribution in [0, 0.1) is 6.92 Å². The minimum Gasteiger partial charge on any atom is -0.505 e. The van der Waals surface area contributed by atoms with Crippen molar-refractivity contribution in [2.75, 3.05) is 0 Å². The summed E-state index contributed by atoms with van der Waals surface area (Å²) in [6.07, 6.45) is 4.78.